The Balaban J connectivity index is 1.68. The first-order valence-corrected chi connectivity index (χ1v) is 8.49. The quantitative estimate of drug-likeness (QED) is 0.803. The molecule has 0 aliphatic carbocycles. The van der Waals surface area contributed by atoms with Crippen LogP contribution in [0, 0.1) is 0 Å². The number of hydrogen-bond acceptors (Lipinski definition) is 4. The molecule has 2 aromatic carbocycles. The van der Waals surface area contributed by atoms with Crippen LogP contribution in [-0.2, 0) is 0 Å². The summed E-state index contributed by atoms with van der Waals surface area (Å²) in [5, 5.41) is 3.36. The number of halogens is 1. The number of hydrogen-bond donors (Lipinski definition) is 1. The molecule has 0 saturated carbocycles. The normalized spacial score (nSPS) is 14.2. The zero-order chi connectivity index (χ0) is 14.7. The lowest BCUT2D eigenvalue weighted by Gasteiger charge is -2.16. The van der Waals surface area contributed by atoms with E-state index in [1.807, 2.05) is 24.9 Å². The predicted octanol–water partition coefficient (Wildman–Crippen LogP) is 4.23. The van der Waals surface area contributed by atoms with E-state index >= 15 is 0 Å². The minimum absolute atomic E-state index is 0.271. The van der Waals surface area contributed by atoms with Crippen molar-refractivity contribution in [2.45, 2.75) is 10.9 Å². The first-order valence-electron chi connectivity index (χ1n) is 6.71. The van der Waals surface area contributed by atoms with E-state index in [2.05, 4.69) is 57.6 Å². The van der Waals surface area contributed by atoms with Gasteiger partial charge < -0.3 is 14.8 Å². The Morgan fingerprint density at radius 3 is 2.67 bits per heavy atom. The lowest BCUT2D eigenvalue weighted by molar-refractivity contribution is 0.174. The van der Waals surface area contributed by atoms with Crippen LogP contribution in [0.1, 0.15) is 11.6 Å². The monoisotopic (exact) mass is 365 g/mol. The first-order chi connectivity index (χ1) is 10.3. The van der Waals surface area contributed by atoms with Gasteiger partial charge in [0, 0.05) is 21.2 Å². The fourth-order valence-electron chi connectivity index (χ4n) is 2.19. The molecule has 3 rings (SSSR count). The molecular weight excluding hydrogens is 350 g/mol. The second-order valence-electron chi connectivity index (χ2n) is 4.72. The number of ether oxygens (including phenoxy) is 2. The molecule has 1 N–H and O–H groups in total. The van der Waals surface area contributed by atoms with Gasteiger partial charge in [-0.2, -0.15) is 0 Å². The summed E-state index contributed by atoms with van der Waals surface area (Å²) in [6.45, 7) is 0.316. The van der Waals surface area contributed by atoms with Crippen LogP contribution in [0.15, 0.2) is 51.8 Å². The van der Waals surface area contributed by atoms with Crippen molar-refractivity contribution in [3.05, 3.63) is 52.5 Å². The molecule has 21 heavy (non-hydrogen) atoms. The zero-order valence-corrected chi connectivity index (χ0v) is 14.0. The largest absolute Gasteiger partial charge is 0.454 e. The summed E-state index contributed by atoms with van der Waals surface area (Å²) in [5.74, 6) is 2.62. The van der Waals surface area contributed by atoms with Crippen LogP contribution >= 0.6 is 27.7 Å². The third-order valence-electron chi connectivity index (χ3n) is 3.38. The number of nitrogens with one attached hydrogen (secondary N) is 1. The average Bonchev–Trinajstić information content (AvgIpc) is 2.97. The van der Waals surface area contributed by atoms with E-state index in [1.165, 1.54) is 10.5 Å². The van der Waals surface area contributed by atoms with Crippen molar-refractivity contribution in [2.75, 3.05) is 19.6 Å². The van der Waals surface area contributed by atoms with E-state index in [-0.39, 0.29) is 6.04 Å². The smallest absolute Gasteiger partial charge is 0.231 e. The molecule has 0 spiro atoms. The summed E-state index contributed by atoms with van der Waals surface area (Å²) < 4.78 is 11.9. The molecule has 1 aliphatic heterocycles. The van der Waals surface area contributed by atoms with Crippen molar-refractivity contribution in [3.8, 4) is 11.5 Å². The molecular formula is C16H16BrNO2S. The fraction of sp³-hybridized carbons (Fsp3) is 0.250. The number of benzene rings is 2. The Bertz CT molecular complexity index is 618. The molecule has 1 atom stereocenters. The summed E-state index contributed by atoms with van der Waals surface area (Å²) in [7, 11) is 1.98. The van der Waals surface area contributed by atoms with Gasteiger partial charge in [0.1, 0.15) is 0 Å². The second kappa shape index (κ2) is 6.73. The van der Waals surface area contributed by atoms with Crippen molar-refractivity contribution in [1.29, 1.82) is 0 Å². The molecule has 0 radical (unpaired) electrons. The summed E-state index contributed by atoms with van der Waals surface area (Å²) in [6.07, 6.45) is 0. The van der Waals surface area contributed by atoms with Crippen LogP contribution < -0.4 is 14.8 Å². The van der Waals surface area contributed by atoms with Gasteiger partial charge in [-0.15, -0.1) is 11.8 Å². The van der Waals surface area contributed by atoms with Gasteiger partial charge in [-0.1, -0.05) is 22.0 Å². The van der Waals surface area contributed by atoms with E-state index in [0.29, 0.717) is 6.79 Å². The van der Waals surface area contributed by atoms with E-state index in [9.17, 15) is 0 Å². The van der Waals surface area contributed by atoms with Gasteiger partial charge in [-0.3, -0.25) is 0 Å². The van der Waals surface area contributed by atoms with Gasteiger partial charge >= 0.3 is 0 Å². The van der Waals surface area contributed by atoms with Gasteiger partial charge in [0.25, 0.3) is 0 Å². The van der Waals surface area contributed by atoms with Gasteiger partial charge in [0.2, 0.25) is 6.79 Å². The molecule has 0 amide bonds. The lowest BCUT2D eigenvalue weighted by atomic mass is 10.1. The summed E-state index contributed by atoms with van der Waals surface area (Å²) >= 11 is 5.29. The average molecular weight is 366 g/mol. The Kier molecular flexibility index (Phi) is 4.73. The molecule has 110 valence electrons. The van der Waals surface area contributed by atoms with Crippen LogP contribution in [0.4, 0.5) is 0 Å². The number of thioether (sulfide) groups is 1. The maximum Gasteiger partial charge on any atom is 0.231 e. The summed E-state index contributed by atoms with van der Waals surface area (Å²) in [4.78, 5) is 1.26. The van der Waals surface area contributed by atoms with Crippen LogP contribution in [0.5, 0.6) is 11.5 Å². The van der Waals surface area contributed by atoms with Crippen molar-refractivity contribution >= 4 is 27.7 Å². The third kappa shape index (κ3) is 3.54. The Labute approximate surface area is 137 Å². The van der Waals surface area contributed by atoms with E-state index in [4.69, 9.17) is 9.47 Å². The first kappa shape index (κ1) is 14.8. The molecule has 2 aromatic rings. The fourth-order valence-corrected chi connectivity index (χ4v) is 3.50. The zero-order valence-electron chi connectivity index (χ0n) is 11.6. The molecule has 5 heteroatoms. The molecule has 0 bridgehead atoms. The maximum absolute atomic E-state index is 5.45. The second-order valence-corrected chi connectivity index (χ2v) is 6.73. The van der Waals surface area contributed by atoms with Crippen LogP contribution in [0.2, 0.25) is 0 Å². The highest BCUT2D eigenvalue weighted by atomic mass is 79.9. The van der Waals surface area contributed by atoms with E-state index < -0.39 is 0 Å². The van der Waals surface area contributed by atoms with Crippen molar-refractivity contribution < 1.29 is 9.47 Å². The molecule has 3 nitrogen and oxygen atoms in total. The number of fused-ring (bicyclic) bond motifs is 1. The maximum atomic E-state index is 5.45. The van der Waals surface area contributed by atoms with Crippen molar-refractivity contribution in [3.63, 3.8) is 0 Å². The highest BCUT2D eigenvalue weighted by Gasteiger charge is 2.17. The van der Waals surface area contributed by atoms with Crippen LogP contribution in [0.25, 0.3) is 0 Å². The van der Waals surface area contributed by atoms with Gasteiger partial charge in [0.15, 0.2) is 11.5 Å². The lowest BCUT2D eigenvalue weighted by Crippen LogP contribution is -2.18. The molecule has 0 saturated heterocycles. The molecule has 1 heterocycles. The highest BCUT2D eigenvalue weighted by molar-refractivity contribution is 9.10. The predicted molar refractivity (Wildman–Crippen MR) is 89.2 cm³/mol. The molecule has 1 unspecified atom stereocenters. The Morgan fingerprint density at radius 2 is 1.90 bits per heavy atom. The minimum Gasteiger partial charge on any atom is -0.454 e. The van der Waals surface area contributed by atoms with Crippen LogP contribution in [-0.4, -0.2) is 19.6 Å². The number of rotatable bonds is 5. The topological polar surface area (TPSA) is 30.5 Å². The minimum atomic E-state index is 0.271. The van der Waals surface area contributed by atoms with Crippen LogP contribution in [0.3, 0.4) is 0 Å². The van der Waals surface area contributed by atoms with Crippen molar-refractivity contribution in [2.24, 2.45) is 0 Å². The highest BCUT2D eigenvalue weighted by Crippen LogP contribution is 2.35. The molecule has 1 aliphatic rings. The third-order valence-corrected chi connectivity index (χ3v) is 5.01. The SMILES string of the molecule is CNC(CSc1ccc(Br)cc1)c1ccc2c(c1)OCO2. The van der Waals surface area contributed by atoms with Crippen molar-refractivity contribution in [1.82, 2.24) is 5.32 Å². The summed E-state index contributed by atoms with van der Waals surface area (Å²) in [5.41, 5.74) is 1.21. The Morgan fingerprint density at radius 1 is 1.14 bits per heavy atom. The summed E-state index contributed by atoms with van der Waals surface area (Å²) in [6, 6.07) is 14.8. The Hall–Kier alpha value is -1.17. The molecule has 0 aromatic heterocycles. The van der Waals surface area contributed by atoms with E-state index in [1.54, 1.807) is 0 Å². The standard InChI is InChI=1S/C16H16BrNO2S/c1-18-14(9-21-13-5-3-12(17)4-6-13)11-2-7-15-16(8-11)20-10-19-15/h2-8,14,18H,9-10H2,1H3. The van der Waals surface area contributed by atoms with Gasteiger partial charge in [0.05, 0.1) is 0 Å². The van der Waals surface area contributed by atoms with Gasteiger partial charge in [-0.05, 0) is 49.0 Å². The van der Waals surface area contributed by atoms with Gasteiger partial charge in [-0.25, -0.2) is 0 Å². The van der Waals surface area contributed by atoms with E-state index in [0.717, 1.165) is 21.7 Å². The molecule has 0 fully saturated rings.